The van der Waals surface area contributed by atoms with Gasteiger partial charge < -0.3 is 9.84 Å². The first-order valence-electron chi connectivity index (χ1n) is 8.89. The fraction of sp³-hybridized carbons (Fsp3) is 0. The van der Waals surface area contributed by atoms with Crippen LogP contribution in [0.4, 0.5) is 0 Å². The molecule has 0 bridgehead atoms. The number of nitrogens with zero attached hydrogens (tertiary/aromatic N) is 1. The van der Waals surface area contributed by atoms with Gasteiger partial charge in [0, 0.05) is 16.1 Å². The molecule has 0 heterocycles. The van der Waals surface area contributed by atoms with Crippen molar-refractivity contribution < 1.29 is 19.4 Å². The van der Waals surface area contributed by atoms with Crippen molar-refractivity contribution in [3.05, 3.63) is 100 Å². The van der Waals surface area contributed by atoms with Gasteiger partial charge in [-0.05, 0) is 42.0 Å². The zero-order chi connectivity index (χ0) is 21.3. The van der Waals surface area contributed by atoms with Gasteiger partial charge in [-0.3, -0.25) is 4.79 Å². The molecule has 30 heavy (non-hydrogen) atoms. The van der Waals surface area contributed by atoms with Crippen LogP contribution in [0, 0.1) is 0 Å². The van der Waals surface area contributed by atoms with Gasteiger partial charge in [-0.2, -0.15) is 5.10 Å². The van der Waals surface area contributed by atoms with Crippen LogP contribution in [0.25, 0.3) is 6.08 Å². The number of hydrogen-bond donors (Lipinski definition) is 2. The van der Waals surface area contributed by atoms with Crippen LogP contribution in [-0.2, 0) is 4.79 Å². The number of phenolic OH excluding ortho intramolecular Hbond substituents is 1. The van der Waals surface area contributed by atoms with Crippen molar-refractivity contribution >= 4 is 40.1 Å². The van der Waals surface area contributed by atoms with E-state index in [0.717, 1.165) is 10.0 Å². The molecule has 0 radical (unpaired) electrons. The number of carbonyl (C=O) groups excluding carboxylic acids is 2. The van der Waals surface area contributed by atoms with E-state index in [4.69, 9.17) is 4.74 Å². The summed E-state index contributed by atoms with van der Waals surface area (Å²) < 4.78 is 6.14. The van der Waals surface area contributed by atoms with Gasteiger partial charge in [0.15, 0.2) is 0 Å². The summed E-state index contributed by atoms with van der Waals surface area (Å²) in [6.45, 7) is 0. The average molecular weight is 465 g/mol. The van der Waals surface area contributed by atoms with E-state index < -0.39 is 11.9 Å². The molecule has 2 N–H and O–H groups in total. The van der Waals surface area contributed by atoms with Crippen LogP contribution >= 0.6 is 15.9 Å². The Balaban J connectivity index is 1.69. The van der Waals surface area contributed by atoms with Crippen molar-refractivity contribution in [1.82, 2.24) is 5.43 Å². The number of nitrogens with one attached hydrogen (secondary N) is 1. The molecule has 7 heteroatoms. The van der Waals surface area contributed by atoms with Crippen LogP contribution in [0.5, 0.6) is 11.5 Å². The molecule has 0 saturated heterocycles. The topological polar surface area (TPSA) is 88.0 Å². The maximum absolute atomic E-state index is 12.2. The van der Waals surface area contributed by atoms with Crippen LogP contribution in [-0.4, -0.2) is 23.2 Å². The normalized spacial score (nSPS) is 11.0. The van der Waals surface area contributed by atoms with Gasteiger partial charge in [-0.25, -0.2) is 10.2 Å². The van der Waals surface area contributed by atoms with Gasteiger partial charge in [-0.15, -0.1) is 0 Å². The molecular weight excluding hydrogens is 448 g/mol. The monoisotopic (exact) mass is 464 g/mol. The predicted molar refractivity (Wildman–Crippen MR) is 118 cm³/mol. The van der Waals surface area contributed by atoms with Crippen molar-refractivity contribution in [3.63, 3.8) is 0 Å². The number of hydrogen-bond acceptors (Lipinski definition) is 5. The number of aromatic hydroxyl groups is 1. The minimum absolute atomic E-state index is 0.0987. The summed E-state index contributed by atoms with van der Waals surface area (Å²) in [7, 11) is 0. The molecule has 0 aromatic heterocycles. The Labute approximate surface area is 181 Å². The summed E-state index contributed by atoms with van der Waals surface area (Å²) in [6, 6.07) is 20.5. The Bertz CT molecular complexity index is 1110. The lowest BCUT2D eigenvalue weighted by Crippen LogP contribution is -2.17. The van der Waals surface area contributed by atoms with Gasteiger partial charge in [0.05, 0.1) is 11.8 Å². The largest absolute Gasteiger partial charge is 0.507 e. The van der Waals surface area contributed by atoms with Crippen LogP contribution in [0.2, 0.25) is 0 Å². The number of benzene rings is 3. The summed E-state index contributed by atoms with van der Waals surface area (Å²) >= 11 is 3.35. The molecular formula is C23H17BrN2O4. The van der Waals surface area contributed by atoms with Gasteiger partial charge in [-0.1, -0.05) is 58.4 Å². The standard InChI is InChI=1S/C23H17BrN2O4/c24-18-11-12-21(30-22(28)13-10-16-6-2-1-3-7-16)17(14-18)15-25-26-23(29)19-8-4-5-9-20(19)27/h1-15,27H,(H,26,29)/b13-10+,25-15-. The lowest BCUT2D eigenvalue weighted by atomic mass is 10.2. The highest BCUT2D eigenvalue weighted by Crippen LogP contribution is 2.22. The summed E-state index contributed by atoms with van der Waals surface area (Å²) in [6.07, 6.45) is 4.34. The fourth-order valence-electron chi connectivity index (χ4n) is 2.47. The van der Waals surface area contributed by atoms with Gasteiger partial charge in [0.2, 0.25) is 0 Å². The Morgan fingerprint density at radius 3 is 2.50 bits per heavy atom. The molecule has 3 aromatic carbocycles. The number of phenols is 1. The Morgan fingerprint density at radius 2 is 1.73 bits per heavy atom. The Kier molecular flexibility index (Phi) is 7.13. The molecule has 0 spiro atoms. The molecule has 0 aliphatic carbocycles. The van der Waals surface area contributed by atoms with Crippen molar-refractivity contribution in [3.8, 4) is 11.5 Å². The second kappa shape index (κ2) is 10.2. The smallest absolute Gasteiger partial charge is 0.336 e. The van der Waals surface area contributed by atoms with E-state index >= 15 is 0 Å². The number of carbonyl (C=O) groups is 2. The van der Waals surface area contributed by atoms with Crippen molar-refractivity contribution in [2.24, 2.45) is 5.10 Å². The van der Waals surface area contributed by atoms with Crippen molar-refractivity contribution in [2.45, 2.75) is 0 Å². The first-order valence-corrected chi connectivity index (χ1v) is 9.68. The minimum Gasteiger partial charge on any atom is -0.507 e. The van der Waals surface area contributed by atoms with E-state index in [-0.39, 0.29) is 17.1 Å². The molecule has 0 saturated carbocycles. The number of para-hydroxylation sites is 1. The number of hydrazone groups is 1. The zero-order valence-corrected chi connectivity index (χ0v) is 17.2. The highest BCUT2D eigenvalue weighted by atomic mass is 79.9. The second-order valence-corrected chi connectivity index (χ2v) is 6.98. The quantitative estimate of drug-likeness (QED) is 0.184. The molecule has 150 valence electrons. The first kappa shape index (κ1) is 21.0. The van der Waals surface area contributed by atoms with Crippen LogP contribution < -0.4 is 10.2 Å². The molecule has 3 rings (SSSR count). The van der Waals surface area contributed by atoms with E-state index in [1.807, 2.05) is 30.3 Å². The summed E-state index contributed by atoms with van der Waals surface area (Å²) in [5.41, 5.74) is 3.78. The van der Waals surface area contributed by atoms with Gasteiger partial charge >= 0.3 is 5.97 Å². The maximum Gasteiger partial charge on any atom is 0.336 e. The molecule has 0 aliphatic heterocycles. The second-order valence-electron chi connectivity index (χ2n) is 6.06. The number of amides is 1. The number of rotatable bonds is 6. The molecule has 0 aliphatic rings. The molecule has 1 amide bonds. The van der Waals surface area contributed by atoms with Crippen molar-refractivity contribution in [1.29, 1.82) is 0 Å². The highest BCUT2D eigenvalue weighted by Gasteiger charge is 2.10. The minimum atomic E-state index is -0.566. The van der Waals surface area contributed by atoms with Gasteiger partial charge in [0.1, 0.15) is 11.5 Å². The first-order chi connectivity index (χ1) is 14.5. The SMILES string of the molecule is O=C(/C=C/c1ccccc1)Oc1ccc(Br)cc1/C=N\NC(=O)c1ccccc1O. The third-order valence-corrected chi connectivity index (χ3v) is 4.41. The molecule has 0 unspecified atom stereocenters. The lowest BCUT2D eigenvalue weighted by molar-refractivity contribution is -0.128. The van der Waals surface area contributed by atoms with E-state index in [2.05, 4.69) is 26.5 Å². The summed E-state index contributed by atoms with van der Waals surface area (Å²) in [4.78, 5) is 24.3. The predicted octanol–water partition coefficient (Wildman–Crippen LogP) is 4.54. The number of ether oxygens (including phenoxy) is 1. The molecule has 0 fully saturated rings. The highest BCUT2D eigenvalue weighted by molar-refractivity contribution is 9.10. The van der Waals surface area contributed by atoms with E-state index in [9.17, 15) is 14.7 Å². The Morgan fingerprint density at radius 1 is 1.00 bits per heavy atom. The van der Waals surface area contributed by atoms with Crippen LogP contribution in [0.3, 0.4) is 0 Å². The van der Waals surface area contributed by atoms with E-state index in [1.54, 1.807) is 36.4 Å². The zero-order valence-electron chi connectivity index (χ0n) is 15.7. The third kappa shape index (κ3) is 5.89. The van der Waals surface area contributed by atoms with Crippen LogP contribution in [0.1, 0.15) is 21.5 Å². The molecule has 0 atom stereocenters. The molecule has 6 nitrogen and oxygen atoms in total. The number of esters is 1. The summed E-state index contributed by atoms with van der Waals surface area (Å²) in [5, 5.41) is 13.6. The van der Waals surface area contributed by atoms with Crippen LogP contribution in [0.15, 0.2) is 88.4 Å². The third-order valence-electron chi connectivity index (χ3n) is 3.91. The molecule has 3 aromatic rings. The van der Waals surface area contributed by atoms with E-state index in [1.165, 1.54) is 24.4 Å². The lowest BCUT2D eigenvalue weighted by Gasteiger charge is -2.06. The number of halogens is 1. The fourth-order valence-corrected chi connectivity index (χ4v) is 2.85. The maximum atomic E-state index is 12.2. The Hall–Kier alpha value is -3.71. The van der Waals surface area contributed by atoms with E-state index in [0.29, 0.717) is 5.56 Å². The summed E-state index contributed by atoms with van der Waals surface area (Å²) in [5.74, 6) is -0.980. The van der Waals surface area contributed by atoms with Gasteiger partial charge in [0.25, 0.3) is 5.91 Å². The average Bonchev–Trinajstić information content (AvgIpc) is 2.75. The van der Waals surface area contributed by atoms with Crippen molar-refractivity contribution in [2.75, 3.05) is 0 Å².